The fraction of sp³-hybridized carbons (Fsp3) is 0.455. The lowest BCUT2D eigenvalue weighted by Gasteiger charge is -2.13. The Kier molecular flexibility index (Phi) is 4.23. The van der Waals surface area contributed by atoms with Crippen LogP contribution in [0.25, 0.3) is 0 Å². The molecule has 0 radical (unpaired) electrons. The Balaban J connectivity index is 2.88. The van der Waals surface area contributed by atoms with Crippen molar-refractivity contribution in [3.05, 3.63) is 28.8 Å². The summed E-state index contributed by atoms with van der Waals surface area (Å²) in [5, 5.41) is 0.755. The first-order chi connectivity index (χ1) is 6.69. The van der Waals surface area contributed by atoms with Gasteiger partial charge in [-0.1, -0.05) is 24.6 Å². The summed E-state index contributed by atoms with van der Waals surface area (Å²) in [6.45, 7) is 2.81. The average molecular weight is 214 g/mol. The van der Waals surface area contributed by atoms with Crippen molar-refractivity contribution in [3.63, 3.8) is 0 Å². The van der Waals surface area contributed by atoms with Gasteiger partial charge in [-0.3, -0.25) is 0 Å². The van der Waals surface area contributed by atoms with Gasteiger partial charge in [0.2, 0.25) is 0 Å². The zero-order valence-corrected chi connectivity index (χ0v) is 9.34. The molecular formula is C11H16ClNO. The predicted molar refractivity (Wildman–Crippen MR) is 60.1 cm³/mol. The van der Waals surface area contributed by atoms with Crippen molar-refractivity contribution in [1.82, 2.24) is 0 Å². The highest BCUT2D eigenvalue weighted by atomic mass is 35.5. The van der Waals surface area contributed by atoms with Crippen molar-refractivity contribution in [2.45, 2.75) is 19.3 Å². The van der Waals surface area contributed by atoms with Crippen molar-refractivity contribution in [1.29, 1.82) is 0 Å². The van der Waals surface area contributed by atoms with Gasteiger partial charge in [-0.2, -0.15) is 0 Å². The Morgan fingerprint density at radius 1 is 1.50 bits per heavy atom. The minimum atomic E-state index is 0.401. The van der Waals surface area contributed by atoms with E-state index in [4.69, 9.17) is 22.1 Å². The van der Waals surface area contributed by atoms with Crippen LogP contribution < -0.4 is 10.5 Å². The maximum absolute atomic E-state index is 6.12. The highest BCUT2D eigenvalue weighted by Crippen LogP contribution is 2.29. The third-order valence-corrected chi connectivity index (χ3v) is 2.67. The smallest absolute Gasteiger partial charge is 0.120 e. The third kappa shape index (κ3) is 2.63. The van der Waals surface area contributed by atoms with Crippen molar-refractivity contribution >= 4 is 11.6 Å². The fourth-order valence-corrected chi connectivity index (χ4v) is 1.80. The van der Waals surface area contributed by atoms with E-state index in [0.717, 1.165) is 22.8 Å². The van der Waals surface area contributed by atoms with Crippen molar-refractivity contribution < 1.29 is 4.74 Å². The van der Waals surface area contributed by atoms with Gasteiger partial charge in [0.05, 0.1) is 7.11 Å². The van der Waals surface area contributed by atoms with Crippen LogP contribution in [0.15, 0.2) is 18.2 Å². The van der Waals surface area contributed by atoms with Crippen LogP contribution in [-0.2, 0) is 0 Å². The van der Waals surface area contributed by atoms with Crippen molar-refractivity contribution in [2.75, 3.05) is 13.7 Å². The Hall–Kier alpha value is -0.730. The highest BCUT2D eigenvalue weighted by Gasteiger charge is 2.09. The number of halogens is 1. The second kappa shape index (κ2) is 5.23. The molecule has 0 amide bonds. The molecule has 1 aromatic rings. The summed E-state index contributed by atoms with van der Waals surface area (Å²) in [6.07, 6.45) is 0.950. The molecule has 78 valence electrons. The summed E-state index contributed by atoms with van der Waals surface area (Å²) in [7, 11) is 1.63. The zero-order valence-electron chi connectivity index (χ0n) is 8.59. The molecule has 1 unspecified atom stereocenters. The van der Waals surface area contributed by atoms with Gasteiger partial charge in [0.25, 0.3) is 0 Å². The van der Waals surface area contributed by atoms with Gasteiger partial charge in [-0.25, -0.2) is 0 Å². The Morgan fingerprint density at radius 2 is 2.21 bits per heavy atom. The maximum atomic E-state index is 6.12. The van der Waals surface area contributed by atoms with E-state index in [1.807, 2.05) is 18.2 Å². The molecule has 0 saturated heterocycles. The van der Waals surface area contributed by atoms with E-state index in [2.05, 4.69) is 6.92 Å². The molecule has 0 aliphatic carbocycles. The predicted octanol–water partition coefficient (Wildman–Crippen LogP) is 2.80. The molecule has 1 atom stereocenters. The molecule has 0 aromatic heterocycles. The topological polar surface area (TPSA) is 35.2 Å². The first-order valence-electron chi connectivity index (χ1n) is 4.72. The van der Waals surface area contributed by atoms with Crippen LogP contribution in [0.5, 0.6) is 5.75 Å². The van der Waals surface area contributed by atoms with Gasteiger partial charge in [-0.05, 0) is 36.6 Å². The molecule has 0 saturated carbocycles. The second-order valence-electron chi connectivity index (χ2n) is 3.37. The second-order valence-corrected chi connectivity index (χ2v) is 3.77. The summed E-state index contributed by atoms with van der Waals surface area (Å²) in [6, 6.07) is 5.76. The van der Waals surface area contributed by atoms with Gasteiger partial charge >= 0.3 is 0 Å². The van der Waals surface area contributed by atoms with Crippen LogP contribution in [0, 0.1) is 0 Å². The number of hydrogen-bond acceptors (Lipinski definition) is 2. The zero-order chi connectivity index (χ0) is 10.6. The lowest BCUT2D eigenvalue weighted by molar-refractivity contribution is 0.414. The molecule has 2 N–H and O–H groups in total. The van der Waals surface area contributed by atoms with Crippen LogP contribution in [-0.4, -0.2) is 13.7 Å². The summed E-state index contributed by atoms with van der Waals surface area (Å²) < 4.78 is 5.08. The van der Waals surface area contributed by atoms with Gasteiger partial charge in [0.15, 0.2) is 0 Å². The molecule has 14 heavy (non-hydrogen) atoms. The van der Waals surface area contributed by atoms with E-state index in [-0.39, 0.29) is 0 Å². The number of methoxy groups -OCH3 is 1. The molecule has 0 aliphatic rings. The Bertz CT molecular complexity index is 301. The van der Waals surface area contributed by atoms with Crippen molar-refractivity contribution in [2.24, 2.45) is 5.73 Å². The van der Waals surface area contributed by atoms with E-state index < -0.39 is 0 Å². The molecule has 0 aliphatic heterocycles. The number of rotatable bonds is 4. The molecule has 1 rings (SSSR count). The van der Waals surface area contributed by atoms with E-state index in [0.29, 0.717) is 12.5 Å². The van der Waals surface area contributed by atoms with Crippen LogP contribution in [0.2, 0.25) is 5.02 Å². The lowest BCUT2D eigenvalue weighted by Crippen LogP contribution is -2.05. The quantitative estimate of drug-likeness (QED) is 0.835. The van der Waals surface area contributed by atoms with Gasteiger partial charge in [-0.15, -0.1) is 0 Å². The first-order valence-corrected chi connectivity index (χ1v) is 5.10. The van der Waals surface area contributed by atoms with Crippen molar-refractivity contribution in [3.8, 4) is 5.75 Å². The Labute approximate surface area is 90.0 Å². The highest BCUT2D eigenvalue weighted by molar-refractivity contribution is 6.31. The molecular weight excluding hydrogens is 198 g/mol. The molecule has 0 fully saturated rings. The van der Waals surface area contributed by atoms with Crippen LogP contribution >= 0.6 is 11.6 Å². The Morgan fingerprint density at radius 3 is 2.71 bits per heavy atom. The van der Waals surface area contributed by atoms with Crippen LogP contribution in [0.4, 0.5) is 0 Å². The summed E-state index contributed by atoms with van der Waals surface area (Å²) >= 11 is 6.12. The largest absolute Gasteiger partial charge is 0.497 e. The maximum Gasteiger partial charge on any atom is 0.120 e. The molecule has 1 aromatic carbocycles. The molecule has 0 bridgehead atoms. The molecule has 0 heterocycles. The summed E-state index contributed by atoms with van der Waals surface area (Å²) in [5.74, 6) is 1.19. The third-order valence-electron chi connectivity index (χ3n) is 2.34. The summed E-state index contributed by atoms with van der Waals surface area (Å²) in [4.78, 5) is 0. The fourth-order valence-electron chi connectivity index (χ4n) is 1.44. The van der Waals surface area contributed by atoms with E-state index in [1.165, 1.54) is 0 Å². The summed E-state index contributed by atoms with van der Waals surface area (Å²) in [5.41, 5.74) is 6.64. The number of ether oxygens (including phenoxy) is 1. The normalized spacial score (nSPS) is 12.6. The van der Waals surface area contributed by atoms with Gasteiger partial charge in [0, 0.05) is 5.02 Å². The molecule has 0 spiro atoms. The van der Waals surface area contributed by atoms with Crippen LogP contribution in [0.3, 0.4) is 0 Å². The van der Waals surface area contributed by atoms with E-state index in [9.17, 15) is 0 Å². The average Bonchev–Trinajstić information content (AvgIpc) is 2.17. The van der Waals surface area contributed by atoms with Gasteiger partial charge < -0.3 is 10.5 Å². The van der Waals surface area contributed by atoms with E-state index >= 15 is 0 Å². The minimum Gasteiger partial charge on any atom is -0.497 e. The van der Waals surface area contributed by atoms with Gasteiger partial charge in [0.1, 0.15) is 5.75 Å². The van der Waals surface area contributed by atoms with Crippen LogP contribution in [0.1, 0.15) is 24.8 Å². The lowest BCUT2D eigenvalue weighted by atomic mass is 9.98. The first kappa shape index (κ1) is 11.3. The number of nitrogens with two attached hydrogens (primary N) is 1. The molecule has 3 heteroatoms. The SMILES string of the molecule is COc1ccc(C(C)CCN)c(Cl)c1. The monoisotopic (exact) mass is 213 g/mol. The number of hydrogen-bond donors (Lipinski definition) is 1. The van der Waals surface area contributed by atoms with E-state index in [1.54, 1.807) is 7.11 Å². The standard InChI is InChI=1S/C11H16ClNO/c1-8(5-6-13)10-4-3-9(14-2)7-11(10)12/h3-4,7-8H,5-6,13H2,1-2H3. The minimum absolute atomic E-state index is 0.401. The molecule has 2 nitrogen and oxygen atoms in total. The number of benzene rings is 1.